The van der Waals surface area contributed by atoms with Crippen LogP contribution >= 0.6 is 0 Å². The molecule has 8 heteroatoms. The summed E-state index contributed by atoms with van der Waals surface area (Å²) in [6.07, 6.45) is 1.55. The van der Waals surface area contributed by atoms with Gasteiger partial charge in [0, 0.05) is 31.1 Å². The molecule has 2 aliphatic heterocycles. The smallest absolute Gasteiger partial charge is 0.246 e. The number of hydrogen-bond acceptors (Lipinski definition) is 6. The molecule has 26 heavy (non-hydrogen) atoms. The van der Waals surface area contributed by atoms with Gasteiger partial charge in [-0.2, -0.15) is 4.98 Å². The summed E-state index contributed by atoms with van der Waals surface area (Å²) in [5.74, 6) is 1.21. The van der Waals surface area contributed by atoms with Gasteiger partial charge >= 0.3 is 0 Å². The number of benzene rings is 1. The van der Waals surface area contributed by atoms with Crippen molar-refractivity contribution >= 4 is 11.8 Å². The van der Waals surface area contributed by atoms with E-state index in [9.17, 15) is 9.59 Å². The lowest BCUT2D eigenvalue weighted by Gasteiger charge is -2.34. The predicted octanol–water partition coefficient (Wildman–Crippen LogP) is 0.531. The van der Waals surface area contributed by atoms with Gasteiger partial charge in [0.15, 0.2) is 0 Å². The first-order valence-corrected chi connectivity index (χ1v) is 8.88. The van der Waals surface area contributed by atoms with Crippen LogP contribution in [0.4, 0.5) is 0 Å². The molecule has 2 fully saturated rings. The normalized spacial score (nSPS) is 21.5. The van der Waals surface area contributed by atoms with Crippen molar-refractivity contribution in [2.24, 2.45) is 0 Å². The molecule has 2 aliphatic rings. The fourth-order valence-corrected chi connectivity index (χ4v) is 3.45. The number of nitrogens with zero attached hydrogens (tertiary/aromatic N) is 3. The lowest BCUT2D eigenvalue weighted by Crippen LogP contribution is -2.59. The Balaban J connectivity index is 1.36. The van der Waals surface area contributed by atoms with Crippen molar-refractivity contribution in [3.05, 3.63) is 36.2 Å². The van der Waals surface area contributed by atoms with Crippen LogP contribution in [0.3, 0.4) is 0 Å². The van der Waals surface area contributed by atoms with E-state index in [-0.39, 0.29) is 24.3 Å². The number of amides is 2. The van der Waals surface area contributed by atoms with Crippen LogP contribution in [0.1, 0.15) is 24.7 Å². The molecule has 1 aromatic carbocycles. The fourth-order valence-electron chi connectivity index (χ4n) is 3.45. The summed E-state index contributed by atoms with van der Waals surface area (Å²) < 4.78 is 5.45. The van der Waals surface area contributed by atoms with E-state index >= 15 is 0 Å². The van der Waals surface area contributed by atoms with Crippen LogP contribution in [0.15, 0.2) is 34.9 Å². The van der Waals surface area contributed by atoms with E-state index in [1.165, 1.54) is 0 Å². The van der Waals surface area contributed by atoms with Crippen molar-refractivity contribution in [3.63, 3.8) is 0 Å². The van der Waals surface area contributed by atoms with E-state index in [0.29, 0.717) is 31.3 Å². The van der Waals surface area contributed by atoms with Gasteiger partial charge in [-0.25, -0.2) is 0 Å². The van der Waals surface area contributed by atoms with Crippen molar-refractivity contribution in [2.45, 2.75) is 24.8 Å². The van der Waals surface area contributed by atoms with Gasteiger partial charge in [-0.1, -0.05) is 35.5 Å². The SMILES string of the molecule is O=C1CNC[C@@H](C(=O)N2CCC(c3nc(-c4ccccc4)no3)CC2)N1. The maximum atomic E-state index is 12.6. The third-order valence-corrected chi connectivity index (χ3v) is 4.90. The molecule has 0 unspecified atom stereocenters. The van der Waals surface area contributed by atoms with Crippen LogP contribution in [-0.4, -0.2) is 59.1 Å². The number of hydrogen-bond donors (Lipinski definition) is 2. The summed E-state index contributed by atoms with van der Waals surface area (Å²) in [6, 6.07) is 9.25. The number of piperidine rings is 1. The van der Waals surface area contributed by atoms with Crippen molar-refractivity contribution < 1.29 is 14.1 Å². The van der Waals surface area contributed by atoms with Crippen molar-refractivity contribution in [1.82, 2.24) is 25.7 Å². The van der Waals surface area contributed by atoms with Crippen LogP contribution in [0.5, 0.6) is 0 Å². The van der Waals surface area contributed by atoms with Gasteiger partial charge in [0.2, 0.25) is 23.5 Å². The Morgan fingerprint density at radius 1 is 1.19 bits per heavy atom. The highest BCUT2D eigenvalue weighted by molar-refractivity contribution is 5.89. The maximum Gasteiger partial charge on any atom is 0.246 e. The molecule has 0 saturated carbocycles. The van der Waals surface area contributed by atoms with Crippen LogP contribution in [0.2, 0.25) is 0 Å². The molecule has 3 heterocycles. The molecule has 4 rings (SSSR count). The quantitative estimate of drug-likeness (QED) is 0.833. The third kappa shape index (κ3) is 3.45. The first kappa shape index (κ1) is 16.7. The molecule has 1 aromatic heterocycles. The Labute approximate surface area is 150 Å². The number of nitrogens with one attached hydrogen (secondary N) is 2. The number of carbonyl (C=O) groups is 2. The highest BCUT2D eigenvalue weighted by Crippen LogP contribution is 2.28. The number of likely N-dealkylation sites (tertiary alicyclic amines) is 1. The van der Waals surface area contributed by atoms with E-state index in [1.807, 2.05) is 35.2 Å². The van der Waals surface area contributed by atoms with Crippen LogP contribution in [0.25, 0.3) is 11.4 Å². The molecule has 2 saturated heterocycles. The van der Waals surface area contributed by atoms with Gasteiger partial charge in [0.05, 0.1) is 6.54 Å². The van der Waals surface area contributed by atoms with E-state index in [0.717, 1.165) is 18.4 Å². The van der Waals surface area contributed by atoms with Crippen LogP contribution in [0, 0.1) is 0 Å². The lowest BCUT2D eigenvalue weighted by molar-refractivity contribution is -0.138. The molecular weight excluding hydrogens is 334 g/mol. The van der Waals surface area contributed by atoms with Gasteiger partial charge < -0.3 is 20.1 Å². The molecule has 0 radical (unpaired) electrons. The number of aromatic nitrogens is 2. The molecule has 2 N–H and O–H groups in total. The van der Waals surface area contributed by atoms with Crippen molar-refractivity contribution in [3.8, 4) is 11.4 Å². The van der Waals surface area contributed by atoms with Crippen LogP contribution in [-0.2, 0) is 9.59 Å². The zero-order chi connectivity index (χ0) is 17.9. The summed E-state index contributed by atoms with van der Waals surface area (Å²) >= 11 is 0. The molecule has 2 aromatic rings. The summed E-state index contributed by atoms with van der Waals surface area (Å²) in [7, 11) is 0. The second kappa shape index (κ2) is 7.25. The molecule has 8 nitrogen and oxygen atoms in total. The third-order valence-electron chi connectivity index (χ3n) is 4.90. The van der Waals surface area contributed by atoms with E-state index in [2.05, 4.69) is 20.8 Å². The zero-order valence-electron chi connectivity index (χ0n) is 14.4. The Morgan fingerprint density at radius 3 is 2.69 bits per heavy atom. The second-order valence-electron chi connectivity index (χ2n) is 6.67. The Hall–Kier alpha value is -2.74. The van der Waals surface area contributed by atoms with Gasteiger partial charge in [-0.05, 0) is 12.8 Å². The summed E-state index contributed by atoms with van der Waals surface area (Å²) in [4.78, 5) is 30.3. The Kier molecular flexibility index (Phi) is 4.66. The highest BCUT2D eigenvalue weighted by atomic mass is 16.5. The maximum absolute atomic E-state index is 12.6. The van der Waals surface area contributed by atoms with Gasteiger partial charge in [0.25, 0.3) is 0 Å². The number of piperazine rings is 1. The van der Waals surface area contributed by atoms with Crippen molar-refractivity contribution in [1.29, 1.82) is 0 Å². The molecule has 136 valence electrons. The van der Waals surface area contributed by atoms with E-state index in [1.54, 1.807) is 0 Å². The summed E-state index contributed by atoms with van der Waals surface area (Å²) in [6.45, 7) is 2.00. The second-order valence-corrected chi connectivity index (χ2v) is 6.67. The zero-order valence-corrected chi connectivity index (χ0v) is 14.4. The minimum absolute atomic E-state index is 0.0282. The molecule has 1 atom stereocenters. The van der Waals surface area contributed by atoms with Crippen LogP contribution < -0.4 is 10.6 Å². The van der Waals surface area contributed by atoms with Gasteiger partial charge in [-0.15, -0.1) is 0 Å². The summed E-state index contributed by atoms with van der Waals surface area (Å²) in [5.41, 5.74) is 0.927. The lowest BCUT2D eigenvalue weighted by atomic mass is 9.96. The molecule has 0 bridgehead atoms. The topological polar surface area (TPSA) is 100 Å². The fraction of sp³-hybridized carbons (Fsp3) is 0.444. The first-order chi connectivity index (χ1) is 12.7. The molecule has 0 spiro atoms. The van der Waals surface area contributed by atoms with E-state index < -0.39 is 6.04 Å². The average Bonchev–Trinajstić information content (AvgIpc) is 3.18. The van der Waals surface area contributed by atoms with Crippen molar-refractivity contribution in [2.75, 3.05) is 26.2 Å². The first-order valence-electron chi connectivity index (χ1n) is 8.88. The number of rotatable bonds is 3. The monoisotopic (exact) mass is 355 g/mol. The van der Waals surface area contributed by atoms with E-state index in [4.69, 9.17) is 4.52 Å². The van der Waals surface area contributed by atoms with Gasteiger partial charge in [0.1, 0.15) is 6.04 Å². The van der Waals surface area contributed by atoms with Gasteiger partial charge in [-0.3, -0.25) is 9.59 Å². The molecule has 0 aliphatic carbocycles. The Bertz CT molecular complexity index is 783. The minimum Gasteiger partial charge on any atom is -0.342 e. The predicted molar refractivity (Wildman–Crippen MR) is 93.1 cm³/mol. The average molecular weight is 355 g/mol. The number of carbonyl (C=O) groups excluding carboxylic acids is 2. The highest BCUT2D eigenvalue weighted by Gasteiger charge is 2.32. The minimum atomic E-state index is -0.471. The Morgan fingerprint density at radius 2 is 1.96 bits per heavy atom. The molecular formula is C18H21N5O3. The standard InChI is InChI=1S/C18H21N5O3/c24-15-11-19-10-14(20-15)18(25)23-8-6-13(7-9-23)17-21-16(22-26-17)12-4-2-1-3-5-12/h1-5,13-14,19H,6-11H2,(H,20,24)/t14-/m0/s1. The largest absolute Gasteiger partial charge is 0.342 e. The summed E-state index contributed by atoms with van der Waals surface area (Å²) in [5, 5.41) is 9.78. The molecule has 2 amide bonds.